The zero-order valence-corrected chi connectivity index (χ0v) is 40.8. The Morgan fingerprint density at radius 1 is 0.676 bits per heavy atom. The molecule has 4 rings (SSSR count). The van der Waals surface area contributed by atoms with E-state index in [0.29, 0.717) is 37.9 Å². The number of aliphatic hydroxyl groups is 10. The minimum Gasteiger partial charge on any atom is -0.394 e. The van der Waals surface area contributed by atoms with Crippen molar-refractivity contribution in [2.24, 2.45) is 16.5 Å². The minimum absolute atomic E-state index is 0. The minimum atomic E-state index is -1.86. The summed E-state index contributed by atoms with van der Waals surface area (Å²) in [6.45, 7) is -1.75. The van der Waals surface area contributed by atoms with E-state index in [1.54, 1.807) is 0 Å². The number of aliphatic imine (C=N–C) groups is 1. The number of nitrogens with one attached hydrogen (secondary N) is 2. The largest absolute Gasteiger partial charge is 0.394 e. The van der Waals surface area contributed by atoms with Gasteiger partial charge in [0.1, 0.15) is 36.6 Å². The molecule has 0 aliphatic heterocycles. The summed E-state index contributed by atoms with van der Waals surface area (Å²) in [5.41, 5.74) is 27.1. The molecule has 0 saturated heterocycles. The highest BCUT2D eigenvalue weighted by Crippen LogP contribution is 2.26. The van der Waals surface area contributed by atoms with Gasteiger partial charge in [-0.05, 0) is 91.1 Å². The summed E-state index contributed by atoms with van der Waals surface area (Å²) in [5.74, 6) is -1.44. The van der Waals surface area contributed by atoms with Crippen molar-refractivity contribution in [2.45, 2.75) is 113 Å². The van der Waals surface area contributed by atoms with Crippen molar-refractivity contribution in [3.8, 4) is 0 Å². The third-order valence-electron chi connectivity index (χ3n) is 11.8. The quantitative estimate of drug-likeness (QED) is 0.0171. The lowest BCUT2D eigenvalue weighted by Gasteiger charge is -2.33. The van der Waals surface area contributed by atoms with E-state index < -0.39 is 74.0 Å². The maximum absolute atomic E-state index is 13.3. The maximum Gasteiger partial charge on any atom is 0.280 e. The summed E-state index contributed by atoms with van der Waals surface area (Å²) < 4.78 is 0. The predicted molar refractivity (Wildman–Crippen MR) is 272 cm³/mol. The molecule has 0 radical (unpaired) electrons. The highest BCUT2D eigenvalue weighted by molar-refractivity contribution is 6.31. The summed E-state index contributed by atoms with van der Waals surface area (Å²) in [6, 6.07) is 18.6. The molecule has 0 saturated carbocycles. The van der Waals surface area contributed by atoms with Gasteiger partial charge in [0.15, 0.2) is 28.4 Å². The zero-order valence-electron chi connectivity index (χ0n) is 39.2. The van der Waals surface area contributed by atoms with E-state index in [9.17, 15) is 50.4 Å². The van der Waals surface area contributed by atoms with Crippen LogP contribution in [0.4, 0.5) is 17.3 Å². The Labute approximate surface area is 422 Å². The third-order valence-corrected chi connectivity index (χ3v) is 12.1. The van der Waals surface area contributed by atoms with Gasteiger partial charge in [-0.1, -0.05) is 73.0 Å². The van der Waals surface area contributed by atoms with Crippen molar-refractivity contribution in [1.82, 2.24) is 20.2 Å². The third kappa shape index (κ3) is 18.6. The Balaban J connectivity index is 0.0000133. The zero-order chi connectivity index (χ0) is 51.5. The number of hydrogen-bond acceptors (Lipinski definition) is 19. The van der Waals surface area contributed by atoms with Crippen LogP contribution in [0.25, 0.3) is 10.8 Å². The van der Waals surface area contributed by atoms with E-state index >= 15 is 0 Å². The van der Waals surface area contributed by atoms with Crippen molar-refractivity contribution >= 4 is 69.9 Å². The molecule has 22 nitrogen and oxygen atoms in total. The van der Waals surface area contributed by atoms with Crippen LogP contribution in [0.5, 0.6) is 0 Å². The number of nitrogens with two attached hydrogens (primary N) is 4. The number of nitrogen functional groups attached to an aromatic ring is 2. The number of rotatable bonds is 29. The maximum atomic E-state index is 13.3. The van der Waals surface area contributed by atoms with Crippen LogP contribution in [0.2, 0.25) is 5.15 Å². The first kappa shape index (κ1) is 60.4. The number of anilines is 3. The van der Waals surface area contributed by atoms with Crippen LogP contribution in [0.1, 0.15) is 65.7 Å². The van der Waals surface area contributed by atoms with Crippen LogP contribution >= 0.6 is 24.0 Å². The number of amides is 2. The van der Waals surface area contributed by atoms with Crippen molar-refractivity contribution in [3.63, 3.8) is 0 Å². The number of hydrogen-bond donors (Lipinski definition) is 16. The molecule has 0 bridgehead atoms. The molecule has 0 unspecified atom stereocenters. The number of halogens is 2. The average Bonchev–Trinajstić information content (AvgIpc) is 3.35. The number of carbonyl (C=O) groups is 2. The Kier molecular flexibility index (Phi) is 25.7. The molecule has 1 aromatic heterocycles. The smallest absolute Gasteiger partial charge is 0.280 e. The number of nitrogens with zero attached hydrogens (tertiary/aromatic N) is 4. The molecule has 0 aliphatic carbocycles. The van der Waals surface area contributed by atoms with E-state index in [-0.39, 0.29) is 66.4 Å². The van der Waals surface area contributed by atoms with Crippen LogP contribution in [0.3, 0.4) is 0 Å². The van der Waals surface area contributed by atoms with Crippen molar-refractivity contribution in [3.05, 3.63) is 88.2 Å². The normalized spacial score (nSPS) is 15.8. The molecule has 394 valence electrons. The molecule has 0 spiro atoms. The summed E-state index contributed by atoms with van der Waals surface area (Å²) in [5, 5.41) is 107. The number of unbranched alkanes of at least 4 members (excludes halogenated alkanes) is 4. The van der Waals surface area contributed by atoms with E-state index in [1.807, 2.05) is 60.7 Å². The van der Waals surface area contributed by atoms with Gasteiger partial charge >= 0.3 is 0 Å². The Hall–Kier alpha value is -4.89. The summed E-state index contributed by atoms with van der Waals surface area (Å²) in [6.07, 6.45) is -8.00. The lowest BCUT2D eigenvalue weighted by atomic mass is 9.93. The first-order chi connectivity index (χ1) is 33.3. The molecule has 71 heavy (non-hydrogen) atoms. The molecular formula is C47H70Cl2N10O12. The molecule has 9 atom stereocenters. The molecule has 20 N–H and O–H groups in total. The van der Waals surface area contributed by atoms with Gasteiger partial charge in [0, 0.05) is 25.3 Å². The fourth-order valence-electron chi connectivity index (χ4n) is 7.74. The molecular weight excluding hydrogens is 967 g/mol. The second-order valence-electron chi connectivity index (χ2n) is 17.3. The number of aliphatic hydroxyl groups excluding tert-OH is 10. The Morgan fingerprint density at radius 3 is 1.80 bits per heavy atom. The van der Waals surface area contributed by atoms with Gasteiger partial charge in [0.05, 0.1) is 31.5 Å². The highest BCUT2D eigenvalue weighted by atomic mass is 35.5. The fourth-order valence-corrected chi connectivity index (χ4v) is 7.86. The molecule has 3 aromatic carbocycles. The SMILES string of the molecule is Cl.NC(=NCCCCc1ccc(C[C@H](N)C(=O)Nc2ccc(CCCCCCN(C[C@H](O)[C@@H](O)[C@H](O)[C@H](O)CO)C[C@H](O)[C@@H](O)[C@H](O)[C@H](O)CO)cc2)c2ccccc12)NC(=O)c1nc(Cl)c(N)nc1N. The van der Waals surface area contributed by atoms with Crippen molar-refractivity contribution in [1.29, 1.82) is 0 Å². The van der Waals surface area contributed by atoms with Gasteiger partial charge in [-0.2, -0.15) is 0 Å². The summed E-state index contributed by atoms with van der Waals surface area (Å²) in [4.78, 5) is 39.1. The van der Waals surface area contributed by atoms with Crippen LogP contribution in [0, 0.1) is 0 Å². The topological polar surface area (TPSA) is 406 Å². The molecule has 24 heteroatoms. The van der Waals surface area contributed by atoms with Crippen LogP contribution in [-0.4, -0.2) is 178 Å². The number of fused-ring (bicyclic) bond motifs is 1. The predicted octanol–water partition coefficient (Wildman–Crippen LogP) is -1.28. The summed E-state index contributed by atoms with van der Waals surface area (Å²) in [7, 11) is 0. The second-order valence-corrected chi connectivity index (χ2v) is 17.6. The van der Waals surface area contributed by atoms with Gasteiger partial charge in [-0.3, -0.25) is 24.8 Å². The van der Waals surface area contributed by atoms with E-state index in [1.165, 1.54) is 4.90 Å². The lowest BCUT2D eigenvalue weighted by Crippen LogP contribution is -2.53. The van der Waals surface area contributed by atoms with Gasteiger partial charge < -0.3 is 79.3 Å². The van der Waals surface area contributed by atoms with E-state index in [4.69, 9.17) is 44.7 Å². The number of aryl methyl sites for hydroxylation is 2. The Morgan fingerprint density at radius 2 is 1.21 bits per heavy atom. The first-order valence-electron chi connectivity index (χ1n) is 23.1. The lowest BCUT2D eigenvalue weighted by molar-refractivity contribution is -0.130. The molecule has 2 amide bonds. The second kappa shape index (κ2) is 30.2. The van der Waals surface area contributed by atoms with Crippen LogP contribution < -0.4 is 33.6 Å². The van der Waals surface area contributed by atoms with Gasteiger partial charge in [-0.15, -0.1) is 12.4 Å². The van der Waals surface area contributed by atoms with E-state index in [2.05, 4.69) is 25.6 Å². The molecule has 4 aromatic rings. The van der Waals surface area contributed by atoms with Crippen LogP contribution in [-0.2, 0) is 24.1 Å². The van der Waals surface area contributed by atoms with Crippen LogP contribution in [0.15, 0.2) is 65.7 Å². The van der Waals surface area contributed by atoms with Gasteiger partial charge in [-0.25, -0.2) is 9.97 Å². The van der Waals surface area contributed by atoms with Gasteiger partial charge in [0.2, 0.25) is 5.91 Å². The van der Waals surface area contributed by atoms with E-state index in [0.717, 1.165) is 59.6 Å². The number of aromatic nitrogens is 2. The fraction of sp³-hybridized carbons (Fsp3) is 0.511. The first-order valence-corrected chi connectivity index (χ1v) is 23.5. The van der Waals surface area contributed by atoms with Crippen molar-refractivity contribution in [2.75, 3.05) is 56.2 Å². The molecule has 0 fully saturated rings. The number of carbonyl (C=O) groups excluding carboxylic acids is 2. The number of benzene rings is 3. The average molecular weight is 1040 g/mol. The monoisotopic (exact) mass is 1040 g/mol. The molecule has 0 aliphatic rings. The molecule has 1 heterocycles. The van der Waals surface area contributed by atoms with Gasteiger partial charge in [0.25, 0.3) is 5.91 Å². The summed E-state index contributed by atoms with van der Waals surface area (Å²) >= 11 is 5.86. The Bertz CT molecular complexity index is 2280. The standard InChI is InChI=1S/C47H69ClN10O12.ClH/c48-42-44(51)56-43(50)37(55-42)46(70)57-47(52)53-19-7-6-10-27-15-16-28(31-12-5-4-11-30(27)31)21-32(49)45(69)54-29-17-13-26(14-18-29)9-3-1-2-8-20-58(22-33(61)38(65)40(67)35(63)24-59)23-34(62)39(66)41(68)36(64)25-60;/h4-5,11-18,32-36,38-41,59-68H,1-3,6-10,19-25,49H2,(H,54,69)(H4,50,51,56)(H3,52,53,57,70);1H/t32-,33-,34-,35+,36+,38+,39+,40+,41+;/m0./s1. The highest BCUT2D eigenvalue weighted by Gasteiger charge is 2.34. The number of guanidine groups is 1. The van der Waals surface area contributed by atoms with Crippen molar-refractivity contribution < 1.29 is 60.7 Å².